The lowest BCUT2D eigenvalue weighted by Crippen LogP contribution is -2.35. The molecule has 7 heteroatoms. The summed E-state index contributed by atoms with van der Waals surface area (Å²) in [6, 6.07) is 18.8. The number of carbonyl (C=O) groups is 1. The van der Waals surface area contributed by atoms with E-state index in [0.717, 1.165) is 54.7 Å². The number of nitrogens with zero attached hydrogens (tertiary/aromatic N) is 3. The van der Waals surface area contributed by atoms with E-state index >= 15 is 0 Å². The lowest BCUT2D eigenvalue weighted by Gasteiger charge is -2.29. The lowest BCUT2D eigenvalue weighted by molar-refractivity contribution is -0.118. The van der Waals surface area contributed by atoms with Crippen LogP contribution in [0.2, 0.25) is 0 Å². The zero-order valence-corrected chi connectivity index (χ0v) is 20.3. The van der Waals surface area contributed by atoms with Crippen molar-refractivity contribution in [3.8, 4) is 0 Å². The topological polar surface area (TPSA) is 70.2 Å². The van der Waals surface area contributed by atoms with Crippen molar-refractivity contribution in [2.75, 3.05) is 36.6 Å². The Morgan fingerprint density at radius 2 is 1.73 bits per heavy atom. The zero-order valence-electron chi connectivity index (χ0n) is 19.5. The van der Waals surface area contributed by atoms with Gasteiger partial charge in [0, 0.05) is 37.8 Å². The van der Waals surface area contributed by atoms with Crippen molar-refractivity contribution < 1.29 is 4.79 Å². The summed E-state index contributed by atoms with van der Waals surface area (Å²) in [5, 5.41) is 7.75. The van der Waals surface area contributed by atoms with Gasteiger partial charge in [0.15, 0.2) is 0 Å². The van der Waals surface area contributed by atoms with E-state index < -0.39 is 0 Å². The minimum Gasteiger partial charge on any atom is -0.362 e. The fourth-order valence-corrected chi connectivity index (χ4v) is 5.12. The van der Waals surface area contributed by atoms with Crippen molar-refractivity contribution >= 4 is 40.3 Å². The molecule has 2 N–H and O–H groups in total. The maximum Gasteiger partial charge on any atom is 0.230 e. The molecule has 33 heavy (non-hydrogen) atoms. The summed E-state index contributed by atoms with van der Waals surface area (Å²) in [4.78, 5) is 23.7. The highest BCUT2D eigenvalue weighted by Gasteiger charge is 2.22. The molecule has 0 spiro atoms. The predicted molar refractivity (Wildman–Crippen MR) is 139 cm³/mol. The molecular formula is C26H33N5OS. The van der Waals surface area contributed by atoms with Gasteiger partial charge in [0.1, 0.15) is 5.82 Å². The van der Waals surface area contributed by atoms with E-state index in [1.165, 1.54) is 5.56 Å². The van der Waals surface area contributed by atoms with Gasteiger partial charge >= 0.3 is 0 Å². The third-order valence-electron chi connectivity index (χ3n) is 6.12. The fourth-order valence-electron chi connectivity index (χ4n) is 4.30. The number of hydrogen-bond donors (Lipinski definition) is 2. The molecule has 2 aromatic carbocycles. The number of rotatable bonds is 9. The number of amides is 1. The molecule has 0 unspecified atom stereocenters. The number of carbonyl (C=O) groups excluding carboxylic acids is 1. The Bertz CT molecular complexity index is 1050. The Morgan fingerprint density at radius 3 is 2.48 bits per heavy atom. The minimum atomic E-state index is 0.136. The van der Waals surface area contributed by atoms with Crippen molar-refractivity contribution in [2.45, 2.75) is 37.5 Å². The Labute approximate surface area is 200 Å². The first-order valence-electron chi connectivity index (χ1n) is 11.7. The van der Waals surface area contributed by atoms with Crippen molar-refractivity contribution in [2.24, 2.45) is 5.92 Å². The molecule has 1 aromatic heterocycles. The molecular weight excluding hydrogens is 430 g/mol. The summed E-state index contributed by atoms with van der Waals surface area (Å²) in [5.74, 6) is 3.70. The van der Waals surface area contributed by atoms with Crippen LogP contribution < -0.4 is 15.5 Å². The van der Waals surface area contributed by atoms with E-state index in [4.69, 9.17) is 9.97 Å². The van der Waals surface area contributed by atoms with Gasteiger partial charge in [0.05, 0.1) is 11.3 Å². The predicted octanol–water partition coefficient (Wildman–Crippen LogP) is 4.72. The third-order valence-corrected chi connectivity index (χ3v) is 7.12. The fraction of sp³-hybridized carbons (Fsp3) is 0.423. The van der Waals surface area contributed by atoms with Crippen molar-refractivity contribution in [3.63, 3.8) is 0 Å². The van der Waals surface area contributed by atoms with Gasteiger partial charge in [-0.1, -0.05) is 42.5 Å². The largest absolute Gasteiger partial charge is 0.362 e. The highest BCUT2D eigenvalue weighted by Crippen LogP contribution is 2.28. The number of para-hydroxylation sites is 1. The number of benzene rings is 2. The average molecular weight is 464 g/mol. The minimum absolute atomic E-state index is 0.136. The second-order valence-corrected chi connectivity index (χ2v) is 9.91. The summed E-state index contributed by atoms with van der Waals surface area (Å²) in [7, 11) is 4.02. The molecule has 0 bridgehead atoms. The van der Waals surface area contributed by atoms with Crippen LogP contribution in [0.15, 0.2) is 54.6 Å². The summed E-state index contributed by atoms with van der Waals surface area (Å²) < 4.78 is 0. The van der Waals surface area contributed by atoms with E-state index in [2.05, 4.69) is 28.8 Å². The molecule has 1 amide bonds. The van der Waals surface area contributed by atoms with E-state index in [-0.39, 0.29) is 5.91 Å². The molecule has 0 atom stereocenters. The highest BCUT2D eigenvalue weighted by molar-refractivity contribution is 7.99. The van der Waals surface area contributed by atoms with Crippen LogP contribution in [0.25, 0.3) is 10.9 Å². The number of thioether (sulfide) groups is 1. The average Bonchev–Trinajstić information content (AvgIpc) is 2.84. The summed E-state index contributed by atoms with van der Waals surface area (Å²) in [6.07, 6.45) is 4.33. The van der Waals surface area contributed by atoms with E-state index in [9.17, 15) is 4.79 Å². The molecule has 3 aromatic rings. The van der Waals surface area contributed by atoms with Crippen molar-refractivity contribution in [3.05, 3.63) is 60.2 Å². The van der Waals surface area contributed by atoms with Gasteiger partial charge in [-0.3, -0.25) is 4.79 Å². The van der Waals surface area contributed by atoms with Crippen LogP contribution in [0, 0.1) is 5.92 Å². The molecule has 1 aliphatic rings. The molecule has 0 saturated heterocycles. The first-order chi connectivity index (χ1) is 16.1. The van der Waals surface area contributed by atoms with Crippen LogP contribution in [0.4, 0.5) is 11.8 Å². The van der Waals surface area contributed by atoms with Gasteiger partial charge in [-0.05, 0) is 49.3 Å². The van der Waals surface area contributed by atoms with E-state index in [0.29, 0.717) is 23.7 Å². The Kier molecular flexibility index (Phi) is 8.05. The van der Waals surface area contributed by atoms with Gasteiger partial charge in [-0.25, -0.2) is 4.98 Å². The summed E-state index contributed by atoms with van der Waals surface area (Å²) >= 11 is 1.67. The monoisotopic (exact) mass is 463 g/mol. The normalized spacial score (nSPS) is 18.1. The Morgan fingerprint density at radius 1 is 1.00 bits per heavy atom. The van der Waals surface area contributed by atoms with Crippen LogP contribution in [0.1, 0.15) is 31.2 Å². The van der Waals surface area contributed by atoms with Gasteiger partial charge < -0.3 is 15.5 Å². The molecule has 1 aliphatic carbocycles. The molecule has 0 radical (unpaired) electrons. The maximum absolute atomic E-state index is 12.2. The molecule has 174 valence electrons. The number of hydrogen-bond acceptors (Lipinski definition) is 6. The van der Waals surface area contributed by atoms with Crippen LogP contribution in [0.5, 0.6) is 0 Å². The molecule has 4 rings (SSSR count). The molecule has 1 heterocycles. The summed E-state index contributed by atoms with van der Waals surface area (Å²) in [6.45, 7) is 0.773. The SMILES string of the molecule is CN(C)c1nc(N[C@H]2CC[C@@H](CNC(=O)CSCc3ccccc3)CC2)nc2ccccc12. The first-order valence-corrected chi connectivity index (χ1v) is 12.8. The molecule has 1 fully saturated rings. The smallest absolute Gasteiger partial charge is 0.230 e. The van der Waals surface area contributed by atoms with E-state index in [1.807, 2.05) is 55.4 Å². The highest BCUT2D eigenvalue weighted by atomic mass is 32.2. The number of nitrogens with one attached hydrogen (secondary N) is 2. The van der Waals surface area contributed by atoms with Crippen molar-refractivity contribution in [1.29, 1.82) is 0 Å². The Hall–Kier alpha value is -2.80. The quantitative estimate of drug-likeness (QED) is 0.479. The van der Waals surface area contributed by atoms with E-state index in [1.54, 1.807) is 11.8 Å². The number of anilines is 2. The van der Waals surface area contributed by atoms with Crippen LogP contribution in [0.3, 0.4) is 0 Å². The third kappa shape index (κ3) is 6.60. The van der Waals surface area contributed by atoms with Crippen LogP contribution >= 0.6 is 11.8 Å². The second-order valence-electron chi connectivity index (χ2n) is 8.93. The van der Waals surface area contributed by atoms with Crippen LogP contribution in [-0.2, 0) is 10.5 Å². The van der Waals surface area contributed by atoms with Gasteiger partial charge in [0.2, 0.25) is 11.9 Å². The van der Waals surface area contributed by atoms with Crippen molar-refractivity contribution in [1.82, 2.24) is 15.3 Å². The molecule has 1 saturated carbocycles. The number of fused-ring (bicyclic) bond motifs is 1. The second kappa shape index (κ2) is 11.4. The molecule has 6 nitrogen and oxygen atoms in total. The number of aromatic nitrogens is 2. The maximum atomic E-state index is 12.2. The molecule has 0 aliphatic heterocycles. The lowest BCUT2D eigenvalue weighted by atomic mass is 9.86. The Balaban J connectivity index is 1.20. The van der Waals surface area contributed by atoms with Gasteiger partial charge in [0.25, 0.3) is 0 Å². The van der Waals surface area contributed by atoms with Crippen LogP contribution in [-0.4, -0.2) is 48.3 Å². The zero-order chi connectivity index (χ0) is 23.0. The van der Waals surface area contributed by atoms with Gasteiger partial charge in [-0.2, -0.15) is 4.98 Å². The van der Waals surface area contributed by atoms with Gasteiger partial charge in [-0.15, -0.1) is 11.8 Å². The summed E-state index contributed by atoms with van der Waals surface area (Å²) in [5.41, 5.74) is 2.22. The standard InChI is InChI=1S/C26H33N5OS/c1-31(2)25-22-10-6-7-11-23(22)29-26(30-25)28-21-14-12-19(13-15-21)16-27-24(32)18-33-17-20-8-4-3-5-9-20/h3-11,19,21H,12-18H2,1-2H3,(H,27,32)(H,28,29,30)/t19-,21+. The first kappa shape index (κ1) is 23.4.